The Morgan fingerprint density at radius 2 is 2.00 bits per heavy atom. The average molecular weight is 227 g/mol. The monoisotopic (exact) mass is 226 g/mol. The Kier molecular flexibility index (Phi) is 2.82. The van der Waals surface area contributed by atoms with E-state index in [-0.39, 0.29) is 0 Å². The first-order chi connectivity index (χ1) is 7.24. The summed E-state index contributed by atoms with van der Waals surface area (Å²) in [6.07, 6.45) is 1.59. The van der Waals surface area contributed by atoms with Gasteiger partial charge in [0.1, 0.15) is 0 Å². The molecule has 0 unspecified atom stereocenters. The van der Waals surface area contributed by atoms with E-state index in [1.807, 2.05) is 6.92 Å². The molecule has 0 amide bonds. The van der Waals surface area contributed by atoms with Gasteiger partial charge in [-0.3, -0.25) is 4.79 Å². The lowest BCUT2D eigenvalue weighted by atomic mass is 10.1. The van der Waals surface area contributed by atoms with E-state index < -0.39 is 0 Å². The van der Waals surface area contributed by atoms with Gasteiger partial charge in [-0.05, 0) is 13.0 Å². The third-order valence-corrected chi connectivity index (χ3v) is 2.67. The van der Waals surface area contributed by atoms with Crippen LogP contribution < -0.4 is 9.47 Å². The molecular weight excluding hydrogens is 216 g/mol. The zero-order chi connectivity index (χ0) is 10.8. The van der Waals surface area contributed by atoms with Gasteiger partial charge in [0.05, 0.1) is 18.2 Å². The van der Waals surface area contributed by atoms with E-state index >= 15 is 0 Å². The third kappa shape index (κ3) is 1.79. The number of rotatable bonds is 1. The highest BCUT2D eigenvalue weighted by atomic mass is 35.5. The molecule has 0 saturated carbocycles. The van der Waals surface area contributed by atoms with Crippen LogP contribution in [0.4, 0.5) is 0 Å². The molecule has 0 fully saturated rings. The lowest BCUT2D eigenvalue weighted by Crippen LogP contribution is -1.98. The lowest BCUT2D eigenvalue weighted by Gasteiger charge is -2.13. The maximum atomic E-state index is 10.8. The van der Waals surface area contributed by atoms with Crippen LogP contribution in [-0.2, 0) is 0 Å². The van der Waals surface area contributed by atoms with E-state index in [0.717, 1.165) is 18.3 Å². The summed E-state index contributed by atoms with van der Waals surface area (Å²) in [4.78, 5) is 10.8. The molecule has 1 aliphatic rings. The van der Waals surface area contributed by atoms with E-state index in [9.17, 15) is 4.79 Å². The van der Waals surface area contributed by atoms with Crippen molar-refractivity contribution in [1.29, 1.82) is 0 Å². The summed E-state index contributed by atoms with van der Waals surface area (Å²) in [6.45, 7) is 3.01. The quantitative estimate of drug-likeness (QED) is 0.691. The van der Waals surface area contributed by atoms with E-state index in [0.29, 0.717) is 35.3 Å². The second-order valence-electron chi connectivity index (χ2n) is 3.40. The van der Waals surface area contributed by atoms with Gasteiger partial charge in [-0.25, -0.2) is 0 Å². The van der Waals surface area contributed by atoms with Crippen LogP contribution in [0.15, 0.2) is 6.07 Å². The van der Waals surface area contributed by atoms with Crippen molar-refractivity contribution in [3.63, 3.8) is 0 Å². The van der Waals surface area contributed by atoms with E-state index in [1.54, 1.807) is 6.07 Å². The van der Waals surface area contributed by atoms with Crippen LogP contribution in [0.25, 0.3) is 0 Å². The van der Waals surface area contributed by atoms with Crippen molar-refractivity contribution in [1.82, 2.24) is 0 Å². The Bertz CT molecular complexity index is 401. The Labute approximate surface area is 92.9 Å². The number of carbonyl (C=O) groups excluding carboxylic acids is 1. The zero-order valence-corrected chi connectivity index (χ0v) is 9.13. The number of benzene rings is 1. The first kappa shape index (κ1) is 10.3. The third-order valence-electron chi connectivity index (χ3n) is 2.39. The number of ether oxygens (including phenoxy) is 2. The molecule has 1 heterocycles. The fraction of sp³-hybridized carbons (Fsp3) is 0.364. The van der Waals surface area contributed by atoms with Crippen LogP contribution in [0.2, 0.25) is 5.02 Å². The first-order valence-corrected chi connectivity index (χ1v) is 5.15. The number of carbonyl (C=O) groups is 1. The largest absolute Gasteiger partial charge is 0.489 e. The van der Waals surface area contributed by atoms with Crippen LogP contribution >= 0.6 is 11.6 Å². The van der Waals surface area contributed by atoms with E-state index in [4.69, 9.17) is 21.1 Å². The predicted molar refractivity (Wildman–Crippen MR) is 57.2 cm³/mol. The van der Waals surface area contributed by atoms with Gasteiger partial charge in [0.25, 0.3) is 0 Å². The van der Waals surface area contributed by atoms with Crippen molar-refractivity contribution in [2.45, 2.75) is 13.3 Å². The van der Waals surface area contributed by atoms with Crippen LogP contribution in [0.5, 0.6) is 11.5 Å². The molecule has 0 aliphatic carbocycles. The lowest BCUT2D eigenvalue weighted by molar-refractivity contribution is 0.112. The Morgan fingerprint density at radius 1 is 1.33 bits per heavy atom. The van der Waals surface area contributed by atoms with Crippen molar-refractivity contribution in [2.75, 3.05) is 13.2 Å². The summed E-state index contributed by atoms with van der Waals surface area (Å²) in [6, 6.07) is 1.61. The number of hydrogen-bond donors (Lipinski definition) is 0. The maximum absolute atomic E-state index is 10.8. The standard InChI is InChI=1S/C11H11ClO3/c1-7-8(6-13)5-9(12)11-10(7)14-3-2-4-15-11/h5-6H,2-4H2,1H3. The smallest absolute Gasteiger partial charge is 0.180 e. The van der Waals surface area contributed by atoms with Gasteiger partial charge >= 0.3 is 0 Å². The van der Waals surface area contributed by atoms with Crippen LogP contribution in [-0.4, -0.2) is 19.5 Å². The zero-order valence-electron chi connectivity index (χ0n) is 8.38. The summed E-state index contributed by atoms with van der Waals surface area (Å²) < 4.78 is 11.0. The van der Waals surface area contributed by atoms with Crippen molar-refractivity contribution in [2.24, 2.45) is 0 Å². The Morgan fingerprint density at radius 3 is 2.67 bits per heavy atom. The molecule has 4 heteroatoms. The summed E-state index contributed by atoms with van der Waals surface area (Å²) in [7, 11) is 0. The Balaban J connectivity index is 2.60. The van der Waals surface area contributed by atoms with E-state index in [1.165, 1.54) is 0 Å². The molecule has 1 aromatic rings. The van der Waals surface area contributed by atoms with E-state index in [2.05, 4.69) is 0 Å². The van der Waals surface area contributed by atoms with Gasteiger partial charge < -0.3 is 9.47 Å². The molecule has 80 valence electrons. The molecular formula is C11H11ClO3. The summed E-state index contributed by atoms with van der Waals surface area (Å²) >= 11 is 6.01. The molecule has 0 N–H and O–H groups in total. The van der Waals surface area contributed by atoms with Crippen molar-refractivity contribution in [3.05, 3.63) is 22.2 Å². The molecule has 0 aromatic heterocycles. The summed E-state index contributed by atoms with van der Waals surface area (Å²) in [5.41, 5.74) is 1.33. The van der Waals surface area contributed by atoms with Crippen LogP contribution in [0.3, 0.4) is 0 Å². The highest BCUT2D eigenvalue weighted by Gasteiger charge is 2.19. The van der Waals surface area contributed by atoms with Gasteiger partial charge in [0.15, 0.2) is 17.8 Å². The molecule has 1 aromatic carbocycles. The molecule has 0 bridgehead atoms. The maximum Gasteiger partial charge on any atom is 0.180 e. The van der Waals surface area contributed by atoms with Crippen LogP contribution in [0.1, 0.15) is 22.3 Å². The number of fused-ring (bicyclic) bond motifs is 1. The second kappa shape index (κ2) is 4.11. The predicted octanol–water partition coefficient (Wildman–Crippen LogP) is 2.62. The molecule has 0 spiro atoms. The normalized spacial score (nSPS) is 14.5. The fourth-order valence-corrected chi connectivity index (χ4v) is 1.82. The van der Waals surface area contributed by atoms with Gasteiger partial charge in [0, 0.05) is 17.5 Å². The van der Waals surface area contributed by atoms with Crippen LogP contribution in [0, 0.1) is 6.92 Å². The average Bonchev–Trinajstić information content (AvgIpc) is 2.49. The Hall–Kier alpha value is -1.22. The van der Waals surface area contributed by atoms with Gasteiger partial charge in [-0.2, -0.15) is 0 Å². The van der Waals surface area contributed by atoms with Gasteiger partial charge in [0.2, 0.25) is 0 Å². The molecule has 15 heavy (non-hydrogen) atoms. The molecule has 2 rings (SSSR count). The van der Waals surface area contributed by atoms with Crippen molar-refractivity contribution >= 4 is 17.9 Å². The van der Waals surface area contributed by atoms with Gasteiger partial charge in [-0.1, -0.05) is 11.6 Å². The first-order valence-electron chi connectivity index (χ1n) is 4.78. The number of hydrogen-bond acceptors (Lipinski definition) is 3. The van der Waals surface area contributed by atoms with Gasteiger partial charge in [-0.15, -0.1) is 0 Å². The fourth-order valence-electron chi connectivity index (χ4n) is 1.56. The highest BCUT2D eigenvalue weighted by molar-refractivity contribution is 6.32. The minimum absolute atomic E-state index is 0.430. The molecule has 1 aliphatic heterocycles. The second-order valence-corrected chi connectivity index (χ2v) is 3.81. The summed E-state index contributed by atoms with van der Waals surface area (Å²) in [5, 5.41) is 0.430. The topological polar surface area (TPSA) is 35.5 Å². The van der Waals surface area contributed by atoms with Crippen molar-refractivity contribution in [3.8, 4) is 11.5 Å². The molecule has 3 nitrogen and oxygen atoms in total. The minimum atomic E-state index is 0.430. The number of aldehydes is 1. The molecule has 0 saturated heterocycles. The highest BCUT2D eigenvalue weighted by Crippen LogP contribution is 2.40. The minimum Gasteiger partial charge on any atom is -0.489 e. The number of halogens is 1. The van der Waals surface area contributed by atoms with Crippen molar-refractivity contribution < 1.29 is 14.3 Å². The summed E-state index contributed by atoms with van der Waals surface area (Å²) in [5.74, 6) is 1.15. The SMILES string of the molecule is Cc1c(C=O)cc(Cl)c2c1OCCCO2. The molecule has 0 radical (unpaired) electrons. The molecule has 0 atom stereocenters.